The van der Waals surface area contributed by atoms with Gasteiger partial charge in [0.2, 0.25) is 5.91 Å². The Bertz CT molecular complexity index is 329. The molecule has 0 saturated carbocycles. The molecule has 6 heteroatoms. The van der Waals surface area contributed by atoms with Gasteiger partial charge >= 0.3 is 5.97 Å². The van der Waals surface area contributed by atoms with Gasteiger partial charge in [0, 0.05) is 13.0 Å². The molecule has 1 atom stereocenters. The van der Waals surface area contributed by atoms with Crippen LogP contribution in [0.15, 0.2) is 0 Å². The summed E-state index contributed by atoms with van der Waals surface area (Å²) in [7, 11) is 0. The Hall–Kier alpha value is -1.14. The van der Waals surface area contributed by atoms with Gasteiger partial charge in [-0.1, -0.05) is 0 Å². The van der Waals surface area contributed by atoms with Crippen molar-refractivity contribution in [2.45, 2.75) is 31.7 Å². The van der Waals surface area contributed by atoms with E-state index in [1.807, 2.05) is 0 Å². The standard InChI is InChI=1S/C13H22N2O4/c16-12(2-1-10-3-5-14-6-4-10)15-7-8-19-9-11(15)13(17)18/h10-11,14H,1-9H2,(H,17,18). The fourth-order valence-corrected chi connectivity index (χ4v) is 2.75. The summed E-state index contributed by atoms with van der Waals surface area (Å²) in [5, 5.41) is 12.4. The highest BCUT2D eigenvalue weighted by Gasteiger charge is 2.32. The molecule has 19 heavy (non-hydrogen) atoms. The Morgan fingerprint density at radius 2 is 2.05 bits per heavy atom. The molecule has 2 aliphatic rings. The van der Waals surface area contributed by atoms with Crippen LogP contribution in [0.5, 0.6) is 0 Å². The molecule has 0 spiro atoms. The lowest BCUT2D eigenvalue weighted by atomic mass is 9.93. The summed E-state index contributed by atoms with van der Waals surface area (Å²) < 4.78 is 5.14. The van der Waals surface area contributed by atoms with Crippen molar-refractivity contribution < 1.29 is 19.4 Å². The smallest absolute Gasteiger partial charge is 0.328 e. The number of carbonyl (C=O) groups excluding carboxylic acids is 1. The molecule has 0 aromatic rings. The highest BCUT2D eigenvalue weighted by atomic mass is 16.5. The number of rotatable bonds is 4. The summed E-state index contributed by atoms with van der Waals surface area (Å²) in [5.74, 6) is -0.432. The molecule has 0 aromatic heterocycles. The molecule has 1 unspecified atom stereocenters. The van der Waals surface area contributed by atoms with E-state index in [9.17, 15) is 9.59 Å². The van der Waals surface area contributed by atoms with Crippen molar-refractivity contribution in [2.24, 2.45) is 5.92 Å². The number of hydrogen-bond donors (Lipinski definition) is 2. The number of piperidine rings is 1. The third-order valence-corrected chi connectivity index (χ3v) is 3.96. The van der Waals surface area contributed by atoms with Crippen LogP contribution in [-0.2, 0) is 14.3 Å². The second-order valence-electron chi connectivity index (χ2n) is 5.25. The molecule has 6 nitrogen and oxygen atoms in total. The third-order valence-electron chi connectivity index (χ3n) is 3.96. The van der Waals surface area contributed by atoms with E-state index in [0.29, 0.717) is 25.5 Å². The van der Waals surface area contributed by atoms with Crippen LogP contribution < -0.4 is 5.32 Å². The summed E-state index contributed by atoms with van der Waals surface area (Å²) in [4.78, 5) is 24.7. The van der Waals surface area contributed by atoms with Gasteiger partial charge in [-0.05, 0) is 38.3 Å². The minimum absolute atomic E-state index is 0.0470. The Kier molecular flexibility index (Phi) is 5.15. The maximum Gasteiger partial charge on any atom is 0.328 e. The first-order valence-electron chi connectivity index (χ1n) is 6.99. The summed E-state index contributed by atoms with van der Waals surface area (Å²) in [6.07, 6.45) is 3.54. The molecule has 0 aliphatic carbocycles. The second kappa shape index (κ2) is 6.86. The number of nitrogens with one attached hydrogen (secondary N) is 1. The lowest BCUT2D eigenvalue weighted by molar-refractivity contribution is -0.158. The lowest BCUT2D eigenvalue weighted by Crippen LogP contribution is -2.52. The summed E-state index contributed by atoms with van der Waals surface area (Å²) in [6, 6.07) is -0.811. The van der Waals surface area contributed by atoms with Crippen molar-refractivity contribution in [3.8, 4) is 0 Å². The van der Waals surface area contributed by atoms with Gasteiger partial charge in [-0.2, -0.15) is 0 Å². The van der Waals surface area contributed by atoms with E-state index >= 15 is 0 Å². The number of amides is 1. The zero-order valence-corrected chi connectivity index (χ0v) is 11.1. The molecule has 0 radical (unpaired) electrons. The van der Waals surface area contributed by atoms with Gasteiger partial charge < -0.3 is 20.1 Å². The van der Waals surface area contributed by atoms with Gasteiger partial charge in [-0.25, -0.2) is 4.79 Å². The zero-order chi connectivity index (χ0) is 13.7. The number of hydrogen-bond acceptors (Lipinski definition) is 4. The highest BCUT2D eigenvalue weighted by Crippen LogP contribution is 2.19. The van der Waals surface area contributed by atoms with Gasteiger partial charge in [0.05, 0.1) is 13.2 Å². The number of carbonyl (C=O) groups is 2. The molecule has 2 rings (SSSR count). The fourth-order valence-electron chi connectivity index (χ4n) is 2.75. The average molecular weight is 270 g/mol. The largest absolute Gasteiger partial charge is 0.480 e. The average Bonchev–Trinajstić information content (AvgIpc) is 2.46. The van der Waals surface area contributed by atoms with Crippen LogP contribution in [0.25, 0.3) is 0 Å². The van der Waals surface area contributed by atoms with E-state index in [0.717, 1.165) is 32.4 Å². The summed E-state index contributed by atoms with van der Waals surface area (Å²) >= 11 is 0. The highest BCUT2D eigenvalue weighted by molar-refractivity contribution is 5.84. The third kappa shape index (κ3) is 3.91. The van der Waals surface area contributed by atoms with Crippen LogP contribution in [0.1, 0.15) is 25.7 Å². The van der Waals surface area contributed by atoms with Gasteiger partial charge in [0.25, 0.3) is 0 Å². The Morgan fingerprint density at radius 3 is 2.74 bits per heavy atom. The predicted octanol–water partition coefficient (Wildman–Crippen LogP) is 0.0782. The first-order chi connectivity index (χ1) is 9.18. The molecule has 2 fully saturated rings. The predicted molar refractivity (Wildman–Crippen MR) is 68.8 cm³/mol. The number of morpholine rings is 1. The molecule has 2 saturated heterocycles. The molecule has 2 heterocycles. The minimum Gasteiger partial charge on any atom is -0.480 e. The first kappa shape index (κ1) is 14.3. The number of carboxylic acid groups (broad SMARTS) is 1. The monoisotopic (exact) mass is 270 g/mol. The second-order valence-corrected chi connectivity index (χ2v) is 5.25. The molecular weight excluding hydrogens is 248 g/mol. The van der Waals surface area contributed by atoms with Crippen LogP contribution in [0.4, 0.5) is 0 Å². The number of carboxylic acids is 1. The molecular formula is C13H22N2O4. The number of aliphatic carboxylic acids is 1. The topological polar surface area (TPSA) is 78.9 Å². The van der Waals surface area contributed by atoms with E-state index in [2.05, 4.69) is 5.32 Å². The van der Waals surface area contributed by atoms with Crippen LogP contribution >= 0.6 is 0 Å². The van der Waals surface area contributed by atoms with Crippen molar-refractivity contribution >= 4 is 11.9 Å². The van der Waals surface area contributed by atoms with E-state index < -0.39 is 12.0 Å². The minimum atomic E-state index is -0.977. The molecule has 2 N–H and O–H groups in total. The van der Waals surface area contributed by atoms with Gasteiger partial charge in [0.1, 0.15) is 0 Å². The fraction of sp³-hybridized carbons (Fsp3) is 0.846. The SMILES string of the molecule is O=C(O)C1COCCN1C(=O)CCC1CCNCC1. The molecule has 108 valence electrons. The van der Waals surface area contributed by atoms with Crippen LogP contribution in [-0.4, -0.2) is 60.8 Å². The lowest BCUT2D eigenvalue weighted by Gasteiger charge is -2.33. The van der Waals surface area contributed by atoms with Crippen molar-refractivity contribution in [3.63, 3.8) is 0 Å². The van der Waals surface area contributed by atoms with Crippen molar-refractivity contribution in [3.05, 3.63) is 0 Å². The summed E-state index contributed by atoms with van der Waals surface area (Å²) in [6.45, 7) is 2.97. The van der Waals surface area contributed by atoms with Crippen molar-refractivity contribution in [2.75, 3.05) is 32.8 Å². The Balaban J connectivity index is 1.81. The Labute approximate surface area is 113 Å². The van der Waals surface area contributed by atoms with Crippen molar-refractivity contribution in [1.82, 2.24) is 10.2 Å². The van der Waals surface area contributed by atoms with Crippen LogP contribution in [0.3, 0.4) is 0 Å². The number of ether oxygens (including phenoxy) is 1. The van der Waals surface area contributed by atoms with Crippen LogP contribution in [0.2, 0.25) is 0 Å². The van der Waals surface area contributed by atoms with Crippen molar-refractivity contribution in [1.29, 1.82) is 0 Å². The maximum absolute atomic E-state index is 12.1. The molecule has 0 bridgehead atoms. The quantitative estimate of drug-likeness (QED) is 0.756. The van der Waals surface area contributed by atoms with E-state index in [4.69, 9.17) is 9.84 Å². The Morgan fingerprint density at radius 1 is 1.32 bits per heavy atom. The molecule has 2 aliphatic heterocycles. The maximum atomic E-state index is 12.1. The normalized spacial score (nSPS) is 25.3. The van der Waals surface area contributed by atoms with Gasteiger partial charge in [0.15, 0.2) is 6.04 Å². The van der Waals surface area contributed by atoms with Crippen LogP contribution in [0, 0.1) is 5.92 Å². The molecule has 1 amide bonds. The van der Waals surface area contributed by atoms with Gasteiger partial charge in [-0.15, -0.1) is 0 Å². The zero-order valence-electron chi connectivity index (χ0n) is 11.1. The number of nitrogens with zero attached hydrogens (tertiary/aromatic N) is 1. The van der Waals surface area contributed by atoms with E-state index in [-0.39, 0.29) is 12.5 Å². The van der Waals surface area contributed by atoms with Gasteiger partial charge in [-0.3, -0.25) is 4.79 Å². The van der Waals surface area contributed by atoms with E-state index in [1.54, 1.807) is 0 Å². The summed E-state index contributed by atoms with van der Waals surface area (Å²) in [5.41, 5.74) is 0. The van der Waals surface area contributed by atoms with E-state index in [1.165, 1.54) is 4.90 Å². The molecule has 0 aromatic carbocycles. The first-order valence-corrected chi connectivity index (χ1v) is 6.99.